The molecule has 1 aliphatic rings. The Kier molecular flexibility index (Phi) is 5.98. The number of carbonyl (C=O) groups excluding carboxylic acids is 1. The summed E-state index contributed by atoms with van der Waals surface area (Å²) >= 11 is 3.26. The van der Waals surface area contributed by atoms with Crippen LogP contribution in [0.1, 0.15) is 32.6 Å². The van der Waals surface area contributed by atoms with Crippen molar-refractivity contribution in [1.82, 2.24) is 0 Å². The number of halogens is 3. The molecule has 2 unspecified atom stereocenters. The van der Waals surface area contributed by atoms with Crippen LogP contribution in [0.25, 0.3) is 0 Å². The molecule has 1 aliphatic carbocycles. The number of anilines is 1. The Morgan fingerprint density at radius 3 is 2.85 bits per heavy atom. The second-order valence-electron chi connectivity index (χ2n) is 5.42. The van der Waals surface area contributed by atoms with Gasteiger partial charge in [0.2, 0.25) is 5.91 Å². The van der Waals surface area contributed by atoms with Gasteiger partial charge >= 0.3 is 0 Å². The second-order valence-corrected chi connectivity index (χ2v) is 6.33. The van der Waals surface area contributed by atoms with Gasteiger partial charge in [-0.15, -0.1) is 12.4 Å². The van der Waals surface area contributed by atoms with E-state index in [1.807, 2.05) is 6.92 Å². The van der Waals surface area contributed by atoms with Gasteiger partial charge < -0.3 is 11.1 Å². The second kappa shape index (κ2) is 6.87. The zero-order valence-electron chi connectivity index (χ0n) is 11.3. The van der Waals surface area contributed by atoms with Crippen molar-refractivity contribution in [2.24, 2.45) is 11.7 Å². The van der Waals surface area contributed by atoms with E-state index in [-0.39, 0.29) is 29.9 Å². The van der Waals surface area contributed by atoms with E-state index in [1.165, 1.54) is 6.07 Å². The molecule has 0 radical (unpaired) electrons. The van der Waals surface area contributed by atoms with Crippen LogP contribution in [-0.2, 0) is 4.79 Å². The Hall–Kier alpha value is -0.650. The molecule has 0 bridgehead atoms. The van der Waals surface area contributed by atoms with Crippen molar-refractivity contribution in [1.29, 1.82) is 0 Å². The van der Waals surface area contributed by atoms with Gasteiger partial charge in [-0.3, -0.25) is 4.79 Å². The topological polar surface area (TPSA) is 55.1 Å². The van der Waals surface area contributed by atoms with E-state index in [4.69, 9.17) is 5.73 Å². The molecule has 1 amide bonds. The Balaban J connectivity index is 0.00000200. The van der Waals surface area contributed by atoms with Crippen LogP contribution in [0.4, 0.5) is 10.1 Å². The quantitative estimate of drug-likeness (QED) is 0.836. The molecule has 0 spiro atoms. The lowest BCUT2D eigenvalue weighted by molar-refractivity contribution is -0.122. The van der Waals surface area contributed by atoms with Crippen molar-refractivity contribution in [2.45, 2.75) is 38.1 Å². The van der Waals surface area contributed by atoms with Gasteiger partial charge in [-0.25, -0.2) is 4.39 Å². The molecule has 0 heterocycles. The van der Waals surface area contributed by atoms with Crippen molar-refractivity contribution in [3.8, 4) is 0 Å². The largest absolute Gasteiger partial charge is 0.325 e. The van der Waals surface area contributed by atoms with Crippen LogP contribution in [0.3, 0.4) is 0 Å². The van der Waals surface area contributed by atoms with Crippen molar-refractivity contribution in [2.75, 3.05) is 5.32 Å². The first-order valence-electron chi connectivity index (χ1n) is 6.45. The summed E-state index contributed by atoms with van der Waals surface area (Å²) in [6, 6.07) is 4.48. The fraction of sp³-hybridized carbons (Fsp3) is 0.500. The first kappa shape index (κ1) is 17.4. The number of hydrogen-bond acceptors (Lipinski definition) is 2. The Labute approximate surface area is 133 Å². The number of nitrogens with two attached hydrogens (primary N) is 1. The third-order valence-electron chi connectivity index (χ3n) is 3.76. The van der Waals surface area contributed by atoms with Gasteiger partial charge in [0.15, 0.2) is 0 Å². The first-order valence-corrected chi connectivity index (χ1v) is 7.24. The Morgan fingerprint density at radius 2 is 2.20 bits per heavy atom. The van der Waals surface area contributed by atoms with Crippen LogP contribution in [0.15, 0.2) is 22.7 Å². The van der Waals surface area contributed by atoms with Gasteiger partial charge in [-0.1, -0.05) is 28.8 Å². The normalized spacial score (nSPS) is 25.7. The van der Waals surface area contributed by atoms with Crippen LogP contribution in [-0.4, -0.2) is 11.4 Å². The van der Waals surface area contributed by atoms with E-state index in [9.17, 15) is 9.18 Å². The third-order valence-corrected chi connectivity index (χ3v) is 4.25. The highest BCUT2D eigenvalue weighted by atomic mass is 79.9. The fourth-order valence-electron chi connectivity index (χ4n) is 2.60. The molecule has 2 atom stereocenters. The molecule has 0 saturated heterocycles. The zero-order chi connectivity index (χ0) is 14.0. The number of rotatable bonds is 2. The van der Waals surface area contributed by atoms with E-state index < -0.39 is 11.4 Å². The van der Waals surface area contributed by atoms with Crippen molar-refractivity contribution in [3.05, 3.63) is 28.5 Å². The molecule has 1 aromatic rings. The van der Waals surface area contributed by atoms with Crippen LogP contribution >= 0.6 is 28.3 Å². The average Bonchev–Trinajstić information content (AvgIpc) is 2.33. The number of benzene rings is 1. The number of nitrogens with one attached hydrogen (secondary N) is 1. The lowest BCUT2D eigenvalue weighted by Crippen LogP contribution is -2.51. The monoisotopic (exact) mass is 364 g/mol. The summed E-state index contributed by atoms with van der Waals surface area (Å²) in [6.07, 6.45) is 3.62. The van der Waals surface area contributed by atoms with E-state index in [0.29, 0.717) is 0 Å². The minimum atomic E-state index is -0.509. The summed E-state index contributed by atoms with van der Waals surface area (Å²) < 4.78 is 14.3. The molecular weight excluding hydrogens is 347 g/mol. The standard InChI is InChI=1S/C14H18BrFN2O.ClH/c1-14(17)7-3-2-4-10(14)13(19)18-12-8-9(15)5-6-11(12)16;/h5-6,8,10H,2-4,7,17H2,1H3,(H,18,19);1H. The highest BCUT2D eigenvalue weighted by molar-refractivity contribution is 9.10. The van der Waals surface area contributed by atoms with E-state index in [0.717, 1.165) is 30.2 Å². The molecule has 3 N–H and O–H groups in total. The minimum Gasteiger partial charge on any atom is -0.325 e. The molecule has 6 heteroatoms. The zero-order valence-corrected chi connectivity index (χ0v) is 13.7. The molecule has 112 valence electrons. The molecule has 1 aromatic carbocycles. The minimum absolute atomic E-state index is 0. The fourth-order valence-corrected chi connectivity index (χ4v) is 2.96. The van der Waals surface area contributed by atoms with Gasteiger partial charge in [0.25, 0.3) is 0 Å². The predicted octanol–water partition coefficient (Wildman–Crippen LogP) is 3.86. The molecule has 0 aromatic heterocycles. The Bertz CT molecular complexity index is 496. The number of carbonyl (C=O) groups is 1. The Morgan fingerprint density at radius 1 is 1.50 bits per heavy atom. The lowest BCUT2D eigenvalue weighted by atomic mass is 9.74. The van der Waals surface area contributed by atoms with E-state index in [1.54, 1.807) is 12.1 Å². The summed E-state index contributed by atoms with van der Waals surface area (Å²) in [6.45, 7) is 1.90. The molecule has 1 fully saturated rings. The molecular formula is C14H19BrClFN2O. The first-order chi connectivity index (χ1) is 8.90. The van der Waals surface area contributed by atoms with Gasteiger partial charge in [0.1, 0.15) is 5.82 Å². The van der Waals surface area contributed by atoms with Gasteiger partial charge in [-0.05, 0) is 38.0 Å². The molecule has 2 rings (SSSR count). The van der Waals surface area contributed by atoms with E-state index in [2.05, 4.69) is 21.2 Å². The maximum Gasteiger partial charge on any atom is 0.229 e. The predicted molar refractivity (Wildman–Crippen MR) is 84.5 cm³/mol. The average molecular weight is 366 g/mol. The van der Waals surface area contributed by atoms with Crippen molar-refractivity contribution >= 4 is 39.9 Å². The van der Waals surface area contributed by atoms with Crippen molar-refractivity contribution in [3.63, 3.8) is 0 Å². The summed E-state index contributed by atoms with van der Waals surface area (Å²) in [5.41, 5.74) is 5.87. The SMILES string of the molecule is CC1(N)CCCCC1C(=O)Nc1cc(Br)ccc1F.Cl. The van der Waals surface area contributed by atoms with Crippen LogP contribution in [0.5, 0.6) is 0 Å². The third kappa shape index (κ3) is 3.93. The molecule has 20 heavy (non-hydrogen) atoms. The maximum atomic E-state index is 13.6. The van der Waals surface area contributed by atoms with Gasteiger partial charge in [0, 0.05) is 10.0 Å². The summed E-state index contributed by atoms with van der Waals surface area (Å²) in [5.74, 6) is -0.896. The summed E-state index contributed by atoms with van der Waals surface area (Å²) in [4.78, 5) is 12.3. The summed E-state index contributed by atoms with van der Waals surface area (Å²) in [5, 5.41) is 2.65. The molecule has 3 nitrogen and oxygen atoms in total. The van der Waals surface area contributed by atoms with Crippen molar-refractivity contribution < 1.29 is 9.18 Å². The molecule has 1 saturated carbocycles. The lowest BCUT2D eigenvalue weighted by Gasteiger charge is -2.37. The highest BCUT2D eigenvalue weighted by Gasteiger charge is 2.37. The summed E-state index contributed by atoms with van der Waals surface area (Å²) in [7, 11) is 0. The van der Waals surface area contributed by atoms with Gasteiger partial charge in [0.05, 0.1) is 11.6 Å². The maximum absolute atomic E-state index is 13.6. The molecule has 0 aliphatic heterocycles. The smallest absolute Gasteiger partial charge is 0.229 e. The van der Waals surface area contributed by atoms with Crippen LogP contribution < -0.4 is 11.1 Å². The highest BCUT2D eigenvalue weighted by Crippen LogP contribution is 2.32. The van der Waals surface area contributed by atoms with E-state index >= 15 is 0 Å². The van der Waals surface area contributed by atoms with Gasteiger partial charge in [-0.2, -0.15) is 0 Å². The number of amides is 1. The van der Waals surface area contributed by atoms with Crippen LogP contribution in [0, 0.1) is 11.7 Å². The van der Waals surface area contributed by atoms with Crippen LogP contribution in [0.2, 0.25) is 0 Å². The number of hydrogen-bond donors (Lipinski definition) is 2.